The smallest absolute Gasteiger partial charge is 0.262 e. The minimum atomic E-state index is -1.14. The van der Waals surface area contributed by atoms with E-state index in [1.165, 1.54) is 19.2 Å². The fourth-order valence-electron chi connectivity index (χ4n) is 3.36. The molecule has 0 spiro atoms. The first-order valence-electron chi connectivity index (χ1n) is 9.50. The second-order valence-electron chi connectivity index (χ2n) is 7.84. The Morgan fingerprint density at radius 2 is 1.90 bits per heavy atom. The molecule has 1 heterocycles. The predicted octanol–water partition coefficient (Wildman–Crippen LogP) is 2.80. The molecule has 0 bridgehead atoms. The molecular formula is C21H24F2N2O6. The van der Waals surface area contributed by atoms with Gasteiger partial charge in [0.15, 0.2) is 12.4 Å². The first kappa shape index (κ1) is 22.7. The van der Waals surface area contributed by atoms with Gasteiger partial charge in [0.05, 0.1) is 18.9 Å². The Balaban J connectivity index is 1.75. The summed E-state index contributed by atoms with van der Waals surface area (Å²) in [5.41, 5.74) is -0.380. The van der Waals surface area contributed by atoms with Crippen LogP contribution in [0, 0.1) is 11.6 Å². The molecule has 1 amide bonds. The highest BCUT2D eigenvalue weighted by atomic mass is 19.1. The highest BCUT2D eigenvalue weighted by Gasteiger charge is 2.28. The van der Waals surface area contributed by atoms with Gasteiger partial charge in [-0.2, -0.15) is 0 Å². The Labute approximate surface area is 177 Å². The third kappa shape index (κ3) is 5.22. The molecule has 8 nitrogen and oxygen atoms in total. The van der Waals surface area contributed by atoms with E-state index in [1.807, 2.05) is 0 Å². The monoisotopic (exact) mass is 438 g/mol. The average Bonchev–Trinajstić information content (AvgIpc) is 2.73. The Hall–Kier alpha value is -2.95. The standard InChI is InChI=1S/C21H24F2N2O6/c1-21(2,8-14-15(22)5-11(29-3)6-16(14)23)24-9-18(26)13-4-12(31-28)7-17-20(13)30-10-19(27)25-17/h4-7,18,24,26,28H,8-10H2,1-3H3,(H,25,27). The van der Waals surface area contributed by atoms with Crippen LogP contribution < -0.4 is 25.0 Å². The summed E-state index contributed by atoms with van der Waals surface area (Å²) >= 11 is 0. The van der Waals surface area contributed by atoms with Crippen LogP contribution in [0.15, 0.2) is 24.3 Å². The van der Waals surface area contributed by atoms with E-state index in [0.717, 1.165) is 12.1 Å². The number of nitrogens with one attached hydrogen (secondary N) is 2. The first-order chi connectivity index (χ1) is 14.6. The molecule has 2 aromatic carbocycles. The van der Waals surface area contributed by atoms with Crippen LogP contribution in [-0.2, 0) is 11.2 Å². The second kappa shape index (κ2) is 9.04. The van der Waals surface area contributed by atoms with Crippen molar-refractivity contribution in [3.8, 4) is 17.2 Å². The normalized spacial score (nSPS) is 14.4. The molecular weight excluding hydrogens is 414 g/mol. The molecule has 3 rings (SSSR count). The maximum Gasteiger partial charge on any atom is 0.262 e. The van der Waals surface area contributed by atoms with Gasteiger partial charge >= 0.3 is 0 Å². The third-order valence-corrected chi connectivity index (χ3v) is 4.92. The summed E-state index contributed by atoms with van der Waals surface area (Å²) in [6.07, 6.45) is -1.13. The zero-order chi connectivity index (χ0) is 22.8. The van der Waals surface area contributed by atoms with E-state index in [2.05, 4.69) is 15.5 Å². The van der Waals surface area contributed by atoms with Gasteiger partial charge in [0.1, 0.15) is 23.1 Å². The maximum atomic E-state index is 14.3. The van der Waals surface area contributed by atoms with Crippen molar-refractivity contribution in [3.05, 3.63) is 47.0 Å². The largest absolute Gasteiger partial charge is 0.497 e. The summed E-state index contributed by atoms with van der Waals surface area (Å²) < 4.78 is 38.9. The van der Waals surface area contributed by atoms with Gasteiger partial charge in [-0.1, -0.05) is 0 Å². The van der Waals surface area contributed by atoms with Crippen LogP contribution in [0.4, 0.5) is 14.5 Å². The summed E-state index contributed by atoms with van der Waals surface area (Å²) in [6.45, 7) is 3.25. The number of aliphatic hydroxyl groups is 1. The minimum absolute atomic E-state index is 0.000218. The number of β-amino-alcohol motifs (C(OH)–C–C–N with tert-alkyl or cyclic N) is 1. The molecule has 1 aliphatic rings. The molecule has 1 aliphatic heterocycles. The fourth-order valence-corrected chi connectivity index (χ4v) is 3.36. The van der Waals surface area contributed by atoms with Crippen LogP contribution in [0.3, 0.4) is 0 Å². The zero-order valence-corrected chi connectivity index (χ0v) is 17.3. The Morgan fingerprint density at radius 1 is 1.23 bits per heavy atom. The molecule has 4 N–H and O–H groups in total. The van der Waals surface area contributed by atoms with Crippen LogP contribution in [0.5, 0.6) is 17.2 Å². The van der Waals surface area contributed by atoms with E-state index in [1.54, 1.807) is 13.8 Å². The number of hydrogen-bond acceptors (Lipinski definition) is 7. The number of halogens is 2. The molecule has 0 aromatic heterocycles. The number of benzene rings is 2. The number of carbonyl (C=O) groups excluding carboxylic acids is 1. The van der Waals surface area contributed by atoms with Gasteiger partial charge in [0.2, 0.25) is 0 Å². The van der Waals surface area contributed by atoms with Crippen LogP contribution in [0.1, 0.15) is 31.1 Å². The summed E-state index contributed by atoms with van der Waals surface area (Å²) in [6, 6.07) is 4.96. The molecule has 0 fully saturated rings. The number of carbonyl (C=O) groups is 1. The topological polar surface area (TPSA) is 109 Å². The average molecular weight is 438 g/mol. The summed E-state index contributed by atoms with van der Waals surface area (Å²) in [7, 11) is 1.32. The lowest BCUT2D eigenvalue weighted by molar-refractivity contribution is -0.137. The number of ether oxygens (including phenoxy) is 2. The van der Waals surface area contributed by atoms with E-state index in [9.17, 15) is 18.7 Å². The minimum Gasteiger partial charge on any atom is -0.497 e. The number of hydrogen-bond donors (Lipinski definition) is 4. The van der Waals surface area contributed by atoms with Crippen molar-refractivity contribution in [2.45, 2.75) is 31.9 Å². The van der Waals surface area contributed by atoms with E-state index in [4.69, 9.17) is 14.7 Å². The van der Waals surface area contributed by atoms with Gasteiger partial charge in [-0.25, -0.2) is 14.0 Å². The van der Waals surface area contributed by atoms with Crippen molar-refractivity contribution in [2.75, 3.05) is 25.6 Å². The van der Waals surface area contributed by atoms with Gasteiger partial charge in [0.25, 0.3) is 5.91 Å². The van der Waals surface area contributed by atoms with Crippen LogP contribution in [-0.4, -0.2) is 42.1 Å². The number of aliphatic hydroxyl groups excluding tert-OH is 1. The van der Waals surface area contributed by atoms with Crippen molar-refractivity contribution in [1.82, 2.24) is 5.32 Å². The van der Waals surface area contributed by atoms with Gasteiger partial charge in [-0.05, 0) is 26.3 Å². The molecule has 168 valence electrons. The molecule has 31 heavy (non-hydrogen) atoms. The number of methoxy groups -OCH3 is 1. The zero-order valence-electron chi connectivity index (χ0n) is 17.3. The molecule has 2 aromatic rings. The number of fused-ring (bicyclic) bond motifs is 1. The Kier molecular flexibility index (Phi) is 6.63. The lowest BCUT2D eigenvalue weighted by Gasteiger charge is -2.29. The van der Waals surface area contributed by atoms with Crippen molar-refractivity contribution in [1.29, 1.82) is 0 Å². The molecule has 1 atom stereocenters. The van der Waals surface area contributed by atoms with E-state index in [-0.39, 0.29) is 59.5 Å². The molecule has 1 unspecified atom stereocenters. The second-order valence-corrected chi connectivity index (χ2v) is 7.84. The molecule has 0 radical (unpaired) electrons. The van der Waals surface area contributed by atoms with Crippen LogP contribution >= 0.6 is 0 Å². The van der Waals surface area contributed by atoms with Crippen molar-refractivity contribution < 1.29 is 38.3 Å². The highest BCUT2D eigenvalue weighted by molar-refractivity contribution is 5.96. The van der Waals surface area contributed by atoms with Gasteiger partial charge in [-0.3, -0.25) is 4.79 Å². The molecule has 0 saturated heterocycles. The Morgan fingerprint density at radius 3 is 2.52 bits per heavy atom. The highest BCUT2D eigenvalue weighted by Crippen LogP contribution is 2.39. The molecule has 0 aliphatic carbocycles. The number of anilines is 1. The summed E-state index contributed by atoms with van der Waals surface area (Å²) in [5, 5.41) is 25.4. The SMILES string of the molecule is COc1cc(F)c(CC(C)(C)NCC(O)c2cc(OO)cc3c2OCC(=O)N3)c(F)c1. The van der Waals surface area contributed by atoms with Crippen molar-refractivity contribution >= 4 is 11.6 Å². The third-order valence-electron chi connectivity index (χ3n) is 4.92. The van der Waals surface area contributed by atoms with E-state index < -0.39 is 23.3 Å². The summed E-state index contributed by atoms with van der Waals surface area (Å²) in [5.74, 6) is -1.50. The number of amides is 1. The first-order valence-corrected chi connectivity index (χ1v) is 9.50. The lowest BCUT2D eigenvalue weighted by atomic mass is 9.93. The van der Waals surface area contributed by atoms with Gasteiger partial charge in [-0.15, -0.1) is 0 Å². The van der Waals surface area contributed by atoms with Gasteiger partial charge < -0.3 is 30.1 Å². The summed E-state index contributed by atoms with van der Waals surface area (Å²) in [4.78, 5) is 15.8. The van der Waals surface area contributed by atoms with E-state index in [0.29, 0.717) is 0 Å². The number of rotatable bonds is 8. The van der Waals surface area contributed by atoms with Crippen molar-refractivity contribution in [3.63, 3.8) is 0 Å². The lowest BCUT2D eigenvalue weighted by Crippen LogP contribution is -2.44. The Bertz CT molecular complexity index is 960. The maximum absolute atomic E-state index is 14.3. The quantitative estimate of drug-likeness (QED) is 0.371. The van der Waals surface area contributed by atoms with Gasteiger partial charge in [0, 0.05) is 41.4 Å². The fraction of sp³-hybridized carbons (Fsp3) is 0.381. The predicted molar refractivity (Wildman–Crippen MR) is 107 cm³/mol. The van der Waals surface area contributed by atoms with E-state index >= 15 is 0 Å². The van der Waals surface area contributed by atoms with Crippen molar-refractivity contribution in [2.24, 2.45) is 0 Å². The molecule has 0 saturated carbocycles. The van der Waals surface area contributed by atoms with Crippen LogP contribution in [0.2, 0.25) is 0 Å². The molecule has 10 heteroatoms. The van der Waals surface area contributed by atoms with Crippen LogP contribution in [0.25, 0.3) is 0 Å².